The molecule has 1 aromatic heterocycles. The van der Waals surface area contributed by atoms with Crippen molar-refractivity contribution in [3.05, 3.63) is 58.0 Å². The maximum Gasteiger partial charge on any atom is 0.258 e. The van der Waals surface area contributed by atoms with E-state index in [4.69, 9.17) is 4.74 Å². The first-order valence-corrected chi connectivity index (χ1v) is 10.4. The summed E-state index contributed by atoms with van der Waals surface area (Å²) in [5, 5.41) is 0. The zero-order valence-electron chi connectivity index (χ0n) is 16.1. The highest BCUT2D eigenvalue weighted by Gasteiger charge is 2.40. The van der Waals surface area contributed by atoms with E-state index in [-0.39, 0.29) is 5.56 Å². The zero-order valence-corrected chi connectivity index (χ0v) is 16.1. The van der Waals surface area contributed by atoms with Crippen molar-refractivity contribution in [3.8, 4) is 11.1 Å². The number of nitrogens with one attached hydrogen (secondary N) is 1. The molecule has 2 aromatic rings. The van der Waals surface area contributed by atoms with Crippen LogP contribution < -0.4 is 10.5 Å². The average Bonchev–Trinajstić information content (AvgIpc) is 2.70. The lowest BCUT2D eigenvalue weighted by atomic mass is 9.81. The Balaban J connectivity index is 1.48. The lowest BCUT2D eigenvalue weighted by Crippen LogP contribution is -3.18. The highest BCUT2D eigenvalue weighted by atomic mass is 16.5. The van der Waals surface area contributed by atoms with E-state index < -0.39 is 0 Å². The zero-order chi connectivity index (χ0) is 18.4. The minimum atomic E-state index is 0.200. The number of benzene rings is 1. The van der Waals surface area contributed by atoms with E-state index in [1.54, 1.807) is 4.90 Å². The van der Waals surface area contributed by atoms with E-state index in [1.807, 2.05) is 12.1 Å². The normalized spacial score (nSPS) is 28.0. The summed E-state index contributed by atoms with van der Waals surface area (Å²) in [7, 11) is 0. The second-order valence-corrected chi connectivity index (χ2v) is 8.65. The van der Waals surface area contributed by atoms with Gasteiger partial charge in [0, 0.05) is 42.5 Å². The minimum Gasteiger partial charge on any atom is -0.381 e. The third-order valence-corrected chi connectivity index (χ3v) is 6.98. The summed E-state index contributed by atoms with van der Waals surface area (Å²) in [4.78, 5) is 15.1. The number of piperidine rings is 1. The number of fused-ring (bicyclic) bond motifs is 4. The van der Waals surface area contributed by atoms with Gasteiger partial charge in [-0.25, -0.2) is 0 Å². The van der Waals surface area contributed by atoms with Crippen molar-refractivity contribution in [2.75, 3.05) is 26.3 Å². The van der Waals surface area contributed by atoms with Gasteiger partial charge in [0.1, 0.15) is 0 Å². The third-order valence-electron chi connectivity index (χ3n) is 6.98. The van der Waals surface area contributed by atoms with Crippen LogP contribution in [0.25, 0.3) is 11.1 Å². The molecule has 142 valence electrons. The van der Waals surface area contributed by atoms with Crippen LogP contribution in [0.1, 0.15) is 36.4 Å². The summed E-state index contributed by atoms with van der Waals surface area (Å²) in [5.74, 6) is 1.15. The number of aryl methyl sites for hydroxylation is 1. The molecule has 5 rings (SSSR count). The number of ether oxygens (including phenoxy) is 1. The Morgan fingerprint density at radius 3 is 2.67 bits per heavy atom. The van der Waals surface area contributed by atoms with Gasteiger partial charge in [-0.2, -0.15) is 0 Å². The summed E-state index contributed by atoms with van der Waals surface area (Å²) in [6, 6.07) is 13.3. The molecule has 0 aliphatic carbocycles. The molecule has 0 spiro atoms. The van der Waals surface area contributed by atoms with Gasteiger partial charge < -0.3 is 14.2 Å². The standard InChI is InChI=1S/C23H28N2O2/c1-16-4-2-3-5-20(16)21-6-7-22-18-12-17(14-25(22)23(21)26)13-24(15-18)19-8-10-27-11-9-19/h2-7,17-19H,8-15H2,1H3/p+1/t17-,18+/m0/s1. The van der Waals surface area contributed by atoms with E-state index in [9.17, 15) is 4.79 Å². The monoisotopic (exact) mass is 365 g/mol. The van der Waals surface area contributed by atoms with Gasteiger partial charge >= 0.3 is 0 Å². The summed E-state index contributed by atoms with van der Waals surface area (Å²) < 4.78 is 7.66. The fraction of sp³-hybridized carbons (Fsp3) is 0.522. The van der Waals surface area contributed by atoms with E-state index in [2.05, 4.69) is 35.8 Å². The fourth-order valence-electron chi connectivity index (χ4n) is 5.62. The second kappa shape index (κ2) is 6.92. The number of quaternary nitrogens is 1. The van der Waals surface area contributed by atoms with Crippen LogP contribution in [0.2, 0.25) is 0 Å². The van der Waals surface area contributed by atoms with Crippen molar-refractivity contribution >= 4 is 0 Å². The summed E-state index contributed by atoms with van der Waals surface area (Å²) in [6.07, 6.45) is 3.62. The van der Waals surface area contributed by atoms with Gasteiger partial charge in [-0.3, -0.25) is 4.79 Å². The van der Waals surface area contributed by atoms with Crippen molar-refractivity contribution in [3.63, 3.8) is 0 Å². The number of hydrogen-bond donors (Lipinski definition) is 1. The Bertz CT molecular complexity index is 897. The van der Waals surface area contributed by atoms with Gasteiger partial charge in [-0.05, 0) is 36.6 Å². The SMILES string of the molecule is Cc1ccccc1-c1ccc2n(c1=O)C[C@H]1C[C@@H]2C[NH+](C2CCOCC2)C1. The Morgan fingerprint density at radius 2 is 1.85 bits per heavy atom. The lowest BCUT2D eigenvalue weighted by molar-refractivity contribution is -0.937. The first kappa shape index (κ1) is 17.2. The maximum atomic E-state index is 13.3. The van der Waals surface area contributed by atoms with Gasteiger partial charge in [-0.1, -0.05) is 24.3 Å². The molecule has 4 heterocycles. The fourth-order valence-corrected chi connectivity index (χ4v) is 5.62. The Hall–Kier alpha value is -1.91. The molecular weight excluding hydrogens is 336 g/mol. The molecule has 0 radical (unpaired) electrons. The lowest BCUT2D eigenvalue weighted by Gasteiger charge is -2.44. The molecule has 2 fully saturated rings. The number of rotatable bonds is 2. The first-order valence-electron chi connectivity index (χ1n) is 10.4. The van der Waals surface area contributed by atoms with Crippen LogP contribution >= 0.6 is 0 Å². The molecule has 4 heteroatoms. The smallest absolute Gasteiger partial charge is 0.258 e. The third kappa shape index (κ3) is 3.05. The minimum absolute atomic E-state index is 0.200. The van der Waals surface area contributed by atoms with Gasteiger partial charge in [0.25, 0.3) is 5.56 Å². The molecule has 3 aliphatic rings. The second-order valence-electron chi connectivity index (χ2n) is 8.65. The molecule has 0 saturated carbocycles. The largest absolute Gasteiger partial charge is 0.381 e. The number of likely N-dealkylation sites (tertiary alicyclic amines) is 1. The molecule has 1 aromatic carbocycles. The van der Waals surface area contributed by atoms with Crippen LogP contribution in [0, 0.1) is 12.8 Å². The average molecular weight is 365 g/mol. The number of aromatic nitrogens is 1. The van der Waals surface area contributed by atoms with Crippen LogP contribution in [0.3, 0.4) is 0 Å². The van der Waals surface area contributed by atoms with Crippen LogP contribution in [0.15, 0.2) is 41.2 Å². The predicted molar refractivity (Wildman–Crippen MR) is 106 cm³/mol. The highest BCUT2D eigenvalue weighted by molar-refractivity contribution is 5.66. The van der Waals surface area contributed by atoms with Crippen LogP contribution in [-0.4, -0.2) is 36.9 Å². The molecule has 0 amide bonds. The van der Waals surface area contributed by atoms with Crippen LogP contribution in [-0.2, 0) is 11.3 Å². The molecule has 1 unspecified atom stereocenters. The Kier molecular flexibility index (Phi) is 4.41. The van der Waals surface area contributed by atoms with Crippen molar-refractivity contribution < 1.29 is 9.64 Å². The Labute approximate surface area is 160 Å². The summed E-state index contributed by atoms with van der Waals surface area (Å²) >= 11 is 0. The van der Waals surface area contributed by atoms with Crippen molar-refractivity contribution in [2.45, 2.75) is 44.7 Å². The van der Waals surface area contributed by atoms with E-state index >= 15 is 0 Å². The van der Waals surface area contributed by atoms with Crippen molar-refractivity contribution in [2.24, 2.45) is 5.92 Å². The number of nitrogens with zero attached hydrogens (tertiary/aromatic N) is 1. The molecule has 27 heavy (non-hydrogen) atoms. The maximum absolute atomic E-state index is 13.3. The highest BCUT2D eigenvalue weighted by Crippen LogP contribution is 2.32. The number of hydrogen-bond acceptors (Lipinski definition) is 2. The predicted octanol–water partition coefficient (Wildman–Crippen LogP) is 2.00. The molecule has 2 bridgehead atoms. The molecule has 2 saturated heterocycles. The van der Waals surface area contributed by atoms with Crippen molar-refractivity contribution in [1.29, 1.82) is 0 Å². The molecule has 3 aliphatic heterocycles. The number of pyridine rings is 1. The molecule has 3 atom stereocenters. The van der Waals surface area contributed by atoms with E-state index in [1.165, 1.54) is 43.6 Å². The van der Waals surface area contributed by atoms with E-state index in [0.29, 0.717) is 11.8 Å². The quantitative estimate of drug-likeness (QED) is 0.884. The summed E-state index contributed by atoms with van der Waals surface area (Å²) in [5.41, 5.74) is 4.55. The van der Waals surface area contributed by atoms with Gasteiger partial charge in [0.05, 0.1) is 32.3 Å². The molecule has 4 nitrogen and oxygen atoms in total. The molecule has 1 N–H and O–H groups in total. The van der Waals surface area contributed by atoms with E-state index in [0.717, 1.165) is 36.9 Å². The van der Waals surface area contributed by atoms with Gasteiger partial charge in [0.15, 0.2) is 0 Å². The molecular formula is C23H29N2O2+. The first-order chi connectivity index (χ1) is 13.2. The topological polar surface area (TPSA) is 35.7 Å². The van der Waals surface area contributed by atoms with Gasteiger partial charge in [0.2, 0.25) is 0 Å². The van der Waals surface area contributed by atoms with Crippen LogP contribution in [0.5, 0.6) is 0 Å². The van der Waals surface area contributed by atoms with Gasteiger partial charge in [-0.15, -0.1) is 0 Å². The van der Waals surface area contributed by atoms with Crippen LogP contribution in [0.4, 0.5) is 0 Å². The Morgan fingerprint density at radius 1 is 1.04 bits per heavy atom. The van der Waals surface area contributed by atoms with Crippen molar-refractivity contribution in [1.82, 2.24) is 4.57 Å². The summed E-state index contributed by atoms with van der Waals surface area (Å²) in [6.45, 7) is 7.18.